The van der Waals surface area contributed by atoms with Crippen LogP contribution >= 0.6 is 11.8 Å². The summed E-state index contributed by atoms with van der Waals surface area (Å²) in [4.78, 5) is 36.0. The number of aromatic carboxylic acids is 1. The van der Waals surface area contributed by atoms with Crippen LogP contribution in [0.25, 0.3) is 11.1 Å². The van der Waals surface area contributed by atoms with E-state index in [1.54, 1.807) is 17.6 Å². The maximum absolute atomic E-state index is 12.4. The molecule has 0 saturated carbocycles. The molecule has 262 valence electrons. The van der Waals surface area contributed by atoms with Crippen LogP contribution in [0.1, 0.15) is 83.5 Å². The first-order valence-corrected chi connectivity index (χ1v) is 17.7. The van der Waals surface area contributed by atoms with E-state index in [-0.39, 0.29) is 36.7 Å². The van der Waals surface area contributed by atoms with Gasteiger partial charge < -0.3 is 25.0 Å². The minimum Gasteiger partial charge on any atom is -0.478 e. The van der Waals surface area contributed by atoms with Gasteiger partial charge in [0.15, 0.2) is 6.29 Å². The van der Waals surface area contributed by atoms with E-state index >= 15 is 0 Å². The second kappa shape index (κ2) is 18.5. The summed E-state index contributed by atoms with van der Waals surface area (Å²) in [5.74, 6) is -0.921. The second-order valence-electron chi connectivity index (χ2n) is 12.2. The molecule has 0 radical (unpaired) electrons. The van der Waals surface area contributed by atoms with Gasteiger partial charge in [-0.25, -0.2) is 10.3 Å². The first-order chi connectivity index (χ1) is 24.3. The van der Waals surface area contributed by atoms with Crippen molar-refractivity contribution in [2.75, 3.05) is 5.75 Å². The van der Waals surface area contributed by atoms with Gasteiger partial charge in [-0.2, -0.15) is 0 Å². The molecule has 1 saturated heterocycles. The molecular weight excluding hydrogens is 657 g/mol. The summed E-state index contributed by atoms with van der Waals surface area (Å²) in [6.45, 7) is 0.338. The lowest BCUT2D eigenvalue weighted by molar-refractivity contribution is -0.245. The third-order valence-corrected chi connectivity index (χ3v) is 9.70. The number of carboxylic acid groups (broad SMARTS) is 1. The summed E-state index contributed by atoms with van der Waals surface area (Å²) in [7, 11) is 0. The summed E-state index contributed by atoms with van der Waals surface area (Å²) in [6.07, 6.45) is 1.96. The molecule has 2 amide bonds. The fourth-order valence-electron chi connectivity index (χ4n) is 5.79. The molecule has 0 bridgehead atoms. The van der Waals surface area contributed by atoms with Gasteiger partial charge in [0, 0.05) is 42.0 Å². The van der Waals surface area contributed by atoms with E-state index in [9.17, 15) is 24.6 Å². The lowest BCUT2D eigenvalue weighted by Crippen LogP contribution is -2.31. The van der Waals surface area contributed by atoms with E-state index in [1.807, 2.05) is 84.9 Å². The highest BCUT2D eigenvalue weighted by Crippen LogP contribution is 2.40. The number of benzene rings is 4. The molecule has 10 nitrogen and oxygen atoms in total. The van der Waals surface area contributed by atoms with Gasteiger partial charge in [0.2, 0.25) is 11.8 Å². The van der Waals surface area contributed by atoms with Crippen molar-refractivity contribution in [3.05, 3.63) is 125 Å². The summed E-state index contributed by atoms with van der Waals surface area (Å²) in [6, 6.07) is 30.6. The quantitative estimate of drug-likeness (QED) is 0.0362. The lowest BCUT2D eigenvalue weighted by atomic mass is 9.99. The monoisotopic (exact) mass is 698 g/mol. The Morgan fingerprint density at radius 1 is 0.760 bits per heavy atom. The summed E-state index contributed by atoms with van der Waals surface area (Å²) in [5.41, 5.74) is 7.39. The molecule has 1 fully saturated rings. The predicted molar refractivity (Wildman–Crippen MR) is 189 cm³/mol. The molecule has 0 spiro atoms. The minimum absolute atomic E-state index is 0.0464. The highest BCUT2D eigenvalue weighted by Gasteiger charge is 2.32. The highest BCUT2D eigenvalue weighted by atomic mass is 32.2. The SMILES string of the molecule is O=C(CCCCCC(=O)NCc1cccc(-c2cccc([C@H]3O[C@@H](CSc4ccccc4C(=O)O)C[C@@H](c4ccc(CO)cc4)O3)c2)c1)NO. The number of hydrogen-bond acceptors (Lipinski definition) is 8. The van der Waals surface area contributed by atoms with Crippen molar-refractivity contribution in [3.8, 4) is 11.1 Å². The van der Waals surface area contributed by atoms with Gasteiger partial charge in [0.1, 0.15) is 0 Å². The Kier molecular flexibility index (Phi) is 13.6. The van der Waals surface area contributed by atoms with Crippen molar-refractivity contribution in [2.24, 2.45) is 0 Å². The molecule has 1 aliphatic rings. The highest BCUT2D eigenvalue weighted by molar-refractivity contribution is 7.99. The molecule has 1 heterocycles. The predicted octanol–water partition coefficient (Wildman–Crippen LogP) is 6.95. The summed E-state index contributed by atoms with van der Waals surface area (Å²) in [5, 5.41) is 30.8. The third kappa shape index (κ3) is 10.5. The molecule has 5 N–H and O–H groups in total. The smallest absolute Gasteiger partial charge is 0.336 e. The second-order valence-corrected chi connectivity index (χ2v) is 13.2. The maximum atomic E-state index is 12.4. The van der Waals surface area contributed by atoms with Crippen LogP contribution in [0.4, 0.5) is 0 Å². The van der Waals surface area contributed by atoms with Crippen molar-refractivity contribution < 1.29 is 39.3 Å². The van der Waals surface area contributed by atoms with Gasteiger partial charge in [-0.15, -0.1) is 11.8 Å². The Bertz CT molecular complexity index is 1750. The molecule has 3 atom stereocenters. The molecule has 4 aromatic rings. The number of aliphatic hydroxyl groups is 1. The minimum atomic E-state index is -0.969. The molecule has 5 rings (SSSR count). The molecular formula is C39H42N2O8S. The van der Waals surface area contributed by atoms with Crippen LogP contribution < -0.4 is 10.8 Å². The van der Waals surface area contributed by atoms with Gasteiger partial charge >= 0.3 is 5.97 Å². The van der Waals surface area contributed by atoms with E-state index in [0.717, 1.165) is 39.8 Å². The topological polar surface area (TPSA) is 154 Å². The van der Waals surface area contributed by atoms with Gasteiger partial charge in [-0.1, -0.05) is 79.2 Å². The number of ether oxygens (including phenoxy) is 2. The average Bonchev–Trinajstić information content (AvgIpc) is 3.16. The Hall–Kier alpha value is -4.52. The number of aliphatic hydroxyl groups excluding tert-OH is 1. The molecule has 0 unspecified atom stereocenters. The maximum Gasteiger partial charge on any atom is 0.336 e. The Morgan fingerprint density at radius 2 is 1.48 bits per heavy atom. The van der Waals surface area contributed by atoms with E-state index < -0.39 is 18.2 Å². The molecule has 4 aromatic carbocycles. The Morgan fingerprint density at radius 3 is 2.22 bits per heavy atom. The number of hydrogen-bond donors (Lipinski definition) is 5. The zero-order chi connectivity index (χ0) is 35.3. The van der Waals surface area contributed by atoms with Gasteiger partial charge in [0.25, 0.3) is 0 Å². The normalized spacial score (nSPS) is 17.2. The zero-order valence-corrected chi connectivity index (χ0v) is 28.4. The van der Waals surface area contributed by atoms with Crippen LogP contribution in [0.2, 0.25) is 0 Å². The van der Waals surface area contributed by atoms with E-state index in [4.69, 9.17) is 14.7 Å². The number of carboxylic acids is 1. The number of thioether (sulfide) groups is 1. The third-order valence-electron chi connectivity index (χ3n) is 8.50. The number of nitrogens with one attached hydrogen (secondary N) is 2. The number of hydroxylamine groups is 1. The van der Waals surface area contributed by atoms with E-state index in [0.29, 0.717) is 42.9 Å². The van der Waals surface area contributed by atoms with E-state index in [1.165, 1.54) is 11.8 Å². The number of unbranched alkanes of at least 4 members (excludes halogenated alkanes) is 2. The molecule has 1 aliphatic heterocycles. The number of carbonyl (C=O) groups excluding carboxylic acids is 2. The Labute approximate surface area is 295 Å². The number of amides is 2. The van der Waals surface area contributed by atoms with Crippen molar-refractivity contribution >= 4 is 29.5 Å². The van der Waals surface area contributed by atoms with Crippen LogP contribution in [-0.2, 0) is 32.2 Å². The van der Waals surface area contributed by atoms with E-state index in [2.05, 4.69) is 5.32 Å². The van der Waals surface area contributed by atoms with Gasteiger partial charge in [0.05, 0.1) is 24.4 Å². The summed E-state index contributed by atoms with van der Waals surface area (Å²) < 4.78 is 13.1. The van der Waals surface area contributed by atoms with Crippen LogP contribution in [0.5, 0.6) is 0 Å². The lowest BCUT2D eigenvalue weighted by Gasteiger charge is -2.36. The fraction of sp³-hybridized carbons (Fsp3) is 0.308. The van der Waals surface area contributed by atoms with Crippen molar-refractivity contribution in [1.82, 2.24) is 10.8 Å². The summed E-state index contributed by atoms with van der Waals surface area (Å²) >= 11 is 1.45. The van der Waals surface area contributed by atoms with Crippen molar-refractivity contribution in [2.45, 2.75) is 75.1 Å². The first kappa shape index (κ1) is 36.8. The van der Waals surface area contributed by atoms with Crippen LogP contribution in [0.3, 0.4) is 0 Å². The van der Waals surface area contributed by atoms with Crippen molar-refractivity contribution in [1.29, 1.82) is 0 Å². The van der Waals surface area contributed by atoms with Gasteiger partial charge in [-0.05, 0) is 64.9 Å². The Balaban J connectivity index is 1.27. The zero-order valence-electron chi connectivity index (χ0n) is 27.6. The molecule has 11 heteroatoms. The average molecular weight is 699 g/mol. The first-order valence-electron chi connectivity index (χ1n) is 16.7. The van der Waals surface area contributed by atoms with Gasteiger partial charge in [-0.3, -0.25) is 14.8 Å². The number of carbonyl (C=O) groups is 3. The largest absolute Gasteiger partial charge is 0.478 e. The molecule has 50 heavy (non-hydrogen) atoms. The number of rotatable bonds is 16. The molecule has 0 aliphatic carbocycles. The van der Waals surface area contributed by atoms with Crippen molar-refractivity contribution in [3.63, 3.8) is 0 Å². The fourth-order valence-corrected chi connectivity index (χ4v) is 6.86. The van der Waals surface area contributed by atoms with Crippen LogP contribution in [0.15, 0.2) is 102 Å². The molecule has 0 aromatic heterocycles. The van der Waals surface area contributed by atoms with Crippen LogP contribution in [-0.4, -0.2) is 45.1 Å². The standard InChI is InChI=1S/C39H42N2O8S/c42-24-26-16-18-28(19-17-26)34-22-32(25-50-35-13-5-4-12-33(35)38(45)46)48-39(49-34)31-11-7-10-30(21-31)29-9-6-8-27(20-29)23-40-36(43)14-2-1-3-15-37(44)41-47/h4-13,16-21,32,34,39,42,47H,1-3,14-15,22-25H2,(H,40,43)(H,41,44)(H,45,46)/t32-,34+,39+/m1/s1. The van der Waals surface area contributed by atoms with Crippen LogP contribution in [0, 0.1) is 0 Å².